The number of nitrogens with one attached hydrogen (secondary N) is 1. The zero-order chi connectivity index (χ0) is 12.1. The van der Waals surface area contributed by atoms with Crippen LogP contribution in [0.5, 0.6) is 0 Å². The van der Waals surface area contributed by atoms with Gasteiger partial charge in [-0.05, 0) is 38.1 Å². The third kappa shape index (κ3) is 3.87. The van der Waals surface area contributed by atoms with E-state index in [-0.39, 0.29) is 6.09 Å². The predicted molar refractivity (Wildman–Crippen MR) is 67.0 cm³/mol. The molecule has 0 aromatic carbocycles. The van der Waals surface area contributed by atoms with E-state index in [1.165, 1.54) is 12.8 Å². The summed E-state index contributed by atoms with van der Waals surface area (Å²) in [6.45, 7) is 5.55. The summed E-state index contributed by atoms with van der Waals surface area (Å²) in [7, 11) is 0. The van der Waals surface area contributed by atoms with E-state index in [0.29, 0.717) is 12.6 Å². The summed E-state index contributed by atoms with van der Waals surface area (Å²) in [6, 6.07) is 0.372. The van der Waals surface area contributed by atoms with Crippen LogP contribution in [0.4, 0.5) is 4.79 Å². The Hall–Kier alpha value is -0.770. The van der Waals surface area contributed by atoms with Crippen LogP contribution in [0.2, 0.25) is 0 Å². The first-order valence-electron chi connectivity index (χ1n) is 6.91. The lowest BCUT2D eigenvalue weighted by molar-refractivity contribution is 0.0782. The number of piperidine rings is 2. The Morgan fingerprint density at radius 3 is 2.71 bits per heavy atom. The van der Waals surface area contributed by atoms with Gasteiger partial charge >= 0.3 is 6.09 Å². The Balaban J connectivity index is 1.66. The van der Waals surface area contributed by atoms with E-state index in [4.69, 9.17) is 4.74 Å². The highest BCUT2D eigenvalue weighted by atomic mass is 16.6. The molecule has 2 rings (SSSR count). The van der Waals surface area contributed by atoms with Crippen LogP contribution in [0.15, 0.2) is 0 Å². The topological polar surface area (TPSA) is 41.6 Å². The minimum absolute atomic E-state index is 0.121. The van der Waals surface area contributed by atoms with Gasteiger partial charge in [-0.2, -0.15) is 0 Å². The minimum Gasteiger partial charge on any atom is -0.448 e. The molecule has 1 unspecified atom stereocenters. The standard InChI is InChI=1S/C13H24N2O2/c1-11-5-8-15(9-6-11)13(16)17-10-12-4-2-3-7-14-12/h11-12,14H,2-10H2,1H3. The van der Waals surface area contributed by atoms with Crippen LogP contribution in [0, 0.1) is 5.92 Å². The van der Waals surface area contributed by atoms with Crippen molar-refractivity contribution < 1.29 is 9.53 Å². The van der Waals surface area contributed by atoms with Crippen LogP contribution in [0.25, 0.3) is 0 Å². The van der Waals surface area contributed by atoms with Crippen LogP contribution in [-0.2, 0) is 4.74 Å². The van der Waals surface area contributed by atoms with Crippen molar-refractivity contribution in [3.8, 4) is 0 Å². The zero-order valence-electron chi connectivity index (χ0n) is 10.8. The highest BCUT2D eigenvalue weighted by Crippen LogP contribution is 2.16. The molecular weight excluding hydrogens is 216 g/mol. The Bertz CT molecular complexity index is 244. The van der Waals surface area contributed by atoms with Crippen LogP contribution < -0.4 is 5.32 Å². The van der Waals surface area contributed by atoms with E-state index in [1.54, 1.807) is 0 Å². The average molecular weight is 240 g/mol. The van der Waals surface area contributed by atoms with Gasteiger partial charge in [-0.15, -0.1) is 0 Å². The summed E-state index contributed by atoms with van der Waals surface area (Å²) < 4.78 is 5.38. The Labute approximate surface area is 104 Å². The fourth-order valence-corrected chi connectivity index (χ4v) is 2.52. The second-order valence-electron chi connectivity index (χ2n) is 5.39. The fraction of sp³-hybridized carbons (Fsp3) is 0.923. The lowest BCUT2D eigenvalue weighted by Crippen LogP contribution is -2.42. The van der Waals surface area contributed by atoms with Crippen molar-refractivity contribution in [3.05, 3.63) is 0 Å². The normalized spacial score (nSPS) is 26.9. The first-order chi connectivity index (χ1) is 8.25. The zero-order valence-corrected chi connectivity index (χ0v) is 10.8. The molecule has 2 fully saturated rings. The van der Waals surface area contributed by atoms with Crippen molar-refractivity contribution in [3.63, 3.8) is 0 Å². The maximum absolute atomic E-state index is 11.8. The lowest BCUT2D eigenvalue weighted by Gasteiger charge is -2.30. The number of likely N-dealkylation sites (tertiary alicyclic amines) is 1. The summed E-state index contributed by atoms with van der Waals surface area (Å²) in [4.78, 5) is 13.7. The fourth-order valence-electron chi connectivity index (χ4n) is 2.52. The number of ether oxygens (including phenoxy) is 1. The van der Waals surface area contributed by atoms with Gasteiger partial charge in [0, 0.05) is 19.1 Å². The van der Waals surface area contributed by atoms with Gasteiger partial charge in [0.2, 0.25) is 0 Å². The summed E-state index contributed by atoms with van der Waals surface area (Å²) in [5.41, 5.74) is 0. The third-order valence-electron chi connectivity index (χ3n) is 3.86. The molecule has 1 atom stereocenters. The van der Waals surface area contributed by atoms with E-state index in [2.05, 4.69) is 12.2 Å². The van der Waals surface area contributed by atoms with E-state index in [0.717, 1.165) is 44.8 Å². The Kier molecular flexibility index (Phi) is 4.66. The molecule has 1 amide bonds. The van der Waals surface area contributed by atoms with Gasteiger partial charge in [0.05, 0.1) is 0 Å². The molecule has 2 aliphatic rings. The van der Waals surface area contributed by atoms with Gasteiger partial charge < -0.3 is 15.0 Å². The molecule has 17 heavy (non-hydrogen) atoms. The molecule has 0 aromatic rings. The van der Waals surface area contributed by atoms with Crippen molar-refractivity contribution in [1.82, 2.24) is 10.2 Å². The van der Waals surface area contributed by atoms with Crippen LogP contribution in [-0.4, -0.2) is 43.3 Å². The van der Waals surface area contributed by atoms with E-state index in [9.17, 15) is 4.79 Å². The maximum Gasteiger partial charge on any atom is 0.409 e. The monoisotopic (exact) mass is 240 g/mol. The van der Waals surface area contributed by atoms with Crippen LogP contribution >= 0.6 is 0 Å². The molecule has 0 aliphatic carbocycles. The maximum atomic E-state index is 11.8. The number of amides is 1. The van der Waals surface area contributed by atoms with Crippen molar-refractivity contribution in [2.75, 3.05) is 26.2 Å². The third-order valence-corrected chi connectivity index (χ3v) is 3.86. The number of nitrogens with zero attached hydrogens (tertiary/aromatic N) is 1. The molecule has 1 N–H and O–H groups in total. The molecule has 0 spiro atoms. The van der Waals surface area contributed by atoms with E-state index < -0.39 is 0 Å². The van der Waals surface area contributed by atoms with Crippen LogP contribution in [0.3, 0.4) is 0 Å². The van der Waals surface area contributed by atoms with Crippen molar-refractivity contribution in [2.45, 2.75) is 45.1 Å². The molecule has 4 nitrogen and oxygen atoms in total. The highest BCUT2D eigenvalue weighted by Gasteiger charge is 2.22. The molecule has 0 aromatic heterocycles. The first-order valence-corrected chi connectivity index (χ1v) is 6.91. The molecule has 0 radical (unpaired) electrons. The van der Waals surface area contributed by atoms with Gasteiger partial charge in [-0.1, -0.05) is 13.3 Å². The molecular formula is C13H24N2O2. The summed E-state index contributed by atoms with van der Waals surface area (Å²) in [6.07, 6.45) is 5.72. The number of carbonyl (C=O) groups excluding carboxylic acids is 1. The van der Waals surface area contributed by atoms with Gasteiger partial charge in [0.25, 0.3) is 0 Å². The summed E-state index contributed by atoms with van der Waals surface area (Å²) in [5.74, 6) is 0.749. The van der Waals surface area contributed by atoms with Crippen molar-refractivity contribution in [1.29, 1.82) is 0 Å². The first kappa shape index (κ1) is 12.7. The number of rotatable bonds is 2. The number of hydrogen-bond acceptors (Lipinski definition) is 3. The van der Waals surface area contributed by atoms with E-state index in [1.807, 2.05) is 4.90 Å². The minimum atomic E-state index is -0.121. The second kappa shape index (κ2) is 6.24. The SMILES string of the molecule is CC1CCN(C(=O)OCC2CCCCN2)CC1. The Morgan fingerprint density at radius 2 is 2.06 bits per heavy atom. The molecule has 0 saturated carbocycles. The van der Waals surface area contributed by atoms with Crippen molar-refractivity contribution in [2.24, 2.45) is 5.92 Å². The molecule has 2 aliphatic heterocycles. The molecule has 0 bridgehead atoms. The summed E-state index contributed by atoms with van der Waals surface area (Å²) in [5, 5.41) is 3.39. The number of hydrogen-bond donors (Lipinski definition) is 1. The molecule has 2 heterocycles. The molecule has 4 heteroatoms. The van der Waals surface area contributed by atoms with Crippen molar-refractivity contribution >= 4 is 6.09 Å². The van der Waals surface area contributed by atoms with E-state index >= 15 is 0 Å². The number of carbonyl (C=O) groups is 1. The summed E-state index contributed by atoms with van der Waals surface area (Å²) >= 11 is 0. The quantitative estimate of drug-likeness (QED) is 0.802. The highest BCUT2D eigenvalue weighted by molar-refractivity contribution is 5.67. The molecule has 98 valence electrons. The van der Waals surface area contributed by atoms with Crippen LogP contribution in [0.1, 0.15) is 39.0 Å². The average Bonchev–Trinajstić information content (AvgIpc) is 2.38. The largest absolute Gasteiger partial charge is 0.448 e. The predicted octanol–water partition coefficient (Wildman–Crippen LogP) is 2.00. The van der Waals surface area contributed by atoms with Gasteiger partial charge in [0.1, 0.15) is 6.61 Å². The van der Waals surface area contributed by atoms with Gasteiger partial charge in [-0.25, -0.2) is 4.79 Å². The van der Waals surface area contributed by atoms with Gasteiger partial charge in [0.15, 0.2) is 0 Å². The second-order valence-corrected chi connectivity index (χ2v) is 5.39. The van der Waals surface area contributed by atoms with Gasteiger partial charge in [-0.3, -0.25) is 0 Å². The smallest absolute Gasteiger partial charge is 0.409 e. The molecule has 2 saturated heterocycles. The Morgan fingerprint density at radius 1 is 1.29 bits per heavy atom. The lowest BCUT2D eigenvalue weighted by atomic mass is 10.00.